The van der Waals surface area contributed by atoms with Gasteiger partial charge in [-0.05, 0) is 29.7 Å². The monoisotopic (exact) mass is 314 g/mol. The van der Waals surface area contributed by atoms with Gasteiger partial charge in [0, 0.05) is 11.4 Å². The minimum Gasteiger partial charge on any atom is -0.366 e. The molecule has 0 fully saturated rings. The third-order valence-electron chi connectivity index (χ3n) is 4.17. The fourth-order valence-corrected chi connectivity index (χ4v) is 2.89. The number of hydrogen-bond acceptors (Lipinski definition) is 1. The van der Waals surface area contributed by atoms with Crippen molar-refractivity contribution in [3.8, 4) is 34.7 Å². The fourth-order valence-electron chi connectivity index (χ4n) is 2.89. The number of amides is 1. The quantitative estimate of drug-likeness (QED) is 0.730. The molecule has 0 aliphatic carbocycles. The third kappa shape index (κ3) is 2.82. The summed E-state index contributed by atoms with van der Waals surface area (Å²) in [5.41, 5.74) is 11.0. The van der Waals surface area contributed by atoms with E-state index in [4.69, 9.17) is 12.2 Å². The van der Waals surface area contributed by atoms with E-state index in [1.54, 1.807) is 0 Å². The number of rotatable bonds is 4. The van der Waals surface area contributed by atoms with Gasteiger partial charge in [0.15, 0.2) is 0 Å². The highest BCUT2D eigenvalue weighted by Gasteiger charge is 2.16. The maximum Gasteiger partial charge on any atom is 0.250 e. The molecule has 0 aliphatic rings. The molecule has 2 aromatic carbocycles. The number of hydrogen-bond donors (Lipinski definition) is 1. The molecule has 0 unspecified atom stereocenters. The molecule has 0 saturated heterocycles. The van der Waals surface area contributed by atoms with Gasteiger partial charge in [0.25, 0.3) is 5.91 Å². The lowest BCUT2D eigenvalue weighted by Gasteiger charge is -2.09. The normalized spacial score (nSPS) is 10.3. The summed E-state index contributed by atoms with van der Waals surface area (Å²) in [5, 5.41) is 0. The van der Waals surface area contributed by atoms with E-state index in [1.165, 1.54) is 0 Å². The molecule has 3 rings (SSSR count). The van der Waals surface area contributed by atoms with Crippen molar-refractivity contribution >= 4 is 5.91 Å². The Bertz CT molecular complexity index is 913. The molecule has 3 nitrogen and oxygen atoms in total. The number of carbonyl (C=O) groups is 1. The molecule has 1 aromatic heterocycles. The SMILES string of the molecule is C#CCn1c(-c2ccc(-c3ccccc3)cc2)cc(C(N)=O)c1C. The largest absolute Gasteiger partial charge is 0.366 e. The molecule has 1 amide bonds. The Hall–Kier alpha value is -3.25. The predicted molar refractivity (Wildman–Crippen MR) is 97.4 cm³/mol. The lowest BCUT2D eigenvalue weighted by atomic mass is 10.0. The zero-order valence-corrected chi connectivity index (χ0v) is 13.5. The van der Waals surface area contributed by atoms with Gasteiger partial charge >= 0.3 is 0 Å². The Balaban J connectivity index is 2.05. The molecule has 0 bridgehead atoms. The molecule has 0 radical (unpaired) electrons. The number of terminal acetylenes is 1. The first-order valence-electron chi connectivity index (χ1n) is 7.71. The summed E-state index contributed by atoms with van der Waals surface area (Å²) in [6.45, 7) is 2.26. The standard InChI is InChI=1S/C21H18N2O/c1-3-13-23-15(2)19(21(22)24)14-20(23)18-11-9-17(10-12-18)16-7-5-4-6-8-16/h1,4-12,14H,13H2,2H3,(H2,22,24). The number of primary amides is 1. The molecule has 3 aromatic rings. The second-order valence-corrected chi connectivity index (χ2v) is 5.63. The first-order chi connectivity index (χ1) is 11.6. The van der Waals surface area contributed by atoms with Crippen molar-refractivity contribution in [2.45, 2.75) is 13.5 Å². The van der Waals surface area contributed by atoms with Crippen molar-refractivity contribution in [2.75, 3.05) is 0 Å². The van der Waals surface area contributed by atoms with Crippen molar-refractivity contribution < 1.29 is 4.79 Å². The minimum atomic E-state index is -0.439. The van der Waals surface area contributed by atoms with Gasteiger partial charge in [-0.3, -0.25) is 4.79 Å². The summed E-state index contributed by atoms with van der Waals surface area (Å²) in [5.74, 6) is 2.20. The van der Waals surface area contributed by atoms with Gasteiger partial charge in [-0.15, -0.1) is 6.42 Å². The highest BCUT2D eigenvalue weighted by Crippen LogP contribution is 2.28. The highest BCUT2D eigenvalue weighted by atomic mass is 16.1. The summed E-state index contributed by atoms with van der Waals surface area (Å²) >= 11 is 0. The Morgan fingerprint density at radius 3 is 2.21 bits per heavy atom. The summed E-state index contributed by atoms with van der Waals surface area (Å²) in [4.78, 5) is 11.6. The van der Waals surface area contributed by atoms with Gasteiger partial charge in [-0.1, -0.05) is 60.5 Å². The molecule has 0 saturated carbocycles. The Kier molecular flexibility index (Phi) is 4.22. The van der Waals surface area contributed by atoms with E-state index >= 15 is 0 Å². The van der Waals surface area contributed by atoms with Gasteiger partial charge < -0.3 is 10.3 Å². The van der Waals surface area contributed by atoms with Crippen LogP contribution in [-0.4, -0.2) is 10.5 Å². The van der Waals surface area contributed by atoms with Crippen LogP contribution in [0.3, 0.4) is 0 Å². The number of carbonyl (C=O) groups excluding carboxylic acids is 1. The number of nitrogens with zero attached hydrogens (tertiary/aromatic N) is 1. The smallest absolute Gasteiger partial charge is 0.250 e. The zero-order chi connectivity index (χ0) is 17.1. The minimum absolute atomic E-state index is 0.398. The Labute approximate surface area is 141 Å². The van der Waals surface area contributed by atoms with E-state index in [0.717, 1.165) is 28.1 Å². The molecule has 0 spiro atoms. The summed E-state index contributed by atoms with van der Waals surface area (Å²) in [7, 11) is 0. The first-order valence-corrected chi connectivity index (χ1v) is 7.71. The van der Waals surface area contributed by atoms with Gasteiger partial charge in [-0.25, -0.2) is 0 Å². The lowest BCUT2D eigenvalue weighted by molar-refractivity contribution is 0.0999. The van der Waals surface area contributed by atoms with Crippen LogP contribution in [-0.2, 0) is 6.54 Å². The average Bonchev–Trinajstić information content (AvgIpc) is 2.93. The molecule has 3 heteroatoms. The van der Waals surface area contributed by atoms with Gasteiger partial charge in [-0.2, -0.15) is 0 Å². The molecule has 0 atom stereocenters. The van der Waals surface area contributed by atoms with Gasteiger partial charge in [0.05, 0.1) is 12.1 Å². The van der Waals surface area contributed by atoms with Crippen molar-refractivity contribution in [1.82, 2.24) is 4.57 Å². The average molecular weight is 314 g/mol. The van der Waals surface area contributed by atoms with Crippen LogP contribution in [0.5, 0.6) is 0 Å². The van der Waals surface area contributed by atoms with E-state index in [1.807, 2.05) is 47.9 Å². The van der Waals surface area contributed by atoms with Crippen LogP contribution in [0, 0.1) is 19.3 Å². The van der Waals surface area contributed by atoms with E-state index in [2.05, 4.69) is 30.2 Å². The molecule has 1 heterocycles. The van der Waals surface area contributed by atoms with E-state index in [-0.39, 0.29) is 0 Å². The van der Waals surface area contributed by atoms with Crippen LogP contribution < -0.4 is 5.73 Å². The van der Waals surface area contributed by atoms with E-state index in [0.29, 0.717) is 12.1 Å². The van der Waals surface area contributed by atoms with Gasteiger partial charge in [0.1, 0.15) is 0 Å². The predicted octanol–water partition coefficient (Wildman–Crippen LogP) is 3.86. The molecular weight excluding hydrogens is 296 g/mol. The summed E-state index contributed by atoms with van der Waals surface area (Å²) in [6.07, 6.45) is 5.47. The van der Waals surface area contributed by atoms with Gasteiger partial charge in [0.2, 0.25) is 0 Å². The second-order valence-electron chi connectivity index (χ2n) is 5.63. The Morgan fingerprint density at radius 1 is 1.04 bits per heavy atom. The summed E-state index contributed by atoms with van der Waals surface area (Å²) in [6, 6.07) is 20.2. The maximum atomic E-state index is 11.6. The Morgan fingerprint density at radius 2 is 1.62 bits per heavy atom. The topological polar surface area (TPSA) is 48.0 Å². The van der Waals surface area contributed by atoms with Crippen LogP contribution in [0.2, 0.25) is 0 Å². The number of aromatic nitrogens is 1. The van der Waals surface area contributed by atoms with Crippen molar-refractivity contribution in [3.05, 3.63) is 71.9 Å². The second kappa shape index (κ2) is 6.47. The first kappa shape index (κ1) is 15.6. The van der Waals surface area contributed by atoms with E-state index < -0.39 is 5.91 Å². The zero-order valence-electron chi connectivity index (χ0n) is 13.5. The van der Waals surface area contributed by atoms with Crippen LogP contribution in [0.25, 0.3) is 22.4 Å². The molecular formula is C21H18N2O. The number of nitrogens with two attached hydrogens (primary N) is 1. The van der Waals surface area contributed by atoms with E-state index in [9.17, 15) is 4.79 Å². The molecule has 118 valence electrons. The molecule has 0 aliphatic heterocycles. The van der Waals surface area contributed by atoms with Crippen LogP contribution in [0.4, 0.5) is 0 Å². The fraction of sp³-hybridized carbons (Fsp3) is 0.0952. The molecule has 24 heavy (non-hydrogen) atoms. The van der Waals surface area contributed by atoms with Crippen molar-refractivity contribution in [1.29, 1.82) is 0 Å². The maximum absolute atomic E-state index is 11.6. The van der Waals surface area contributed by atoms with Crippen molar-refractivity contribution in [2.24, 2.45) is 5.73 Å². The number of benzene rings is 2. The third-order valence-corrected chi connectivity index (χ3v) is 4.17. The highest BCUT2D eigenvalue weighted by molar-refractivity contribution is 5.95. The summed E-state index contributed by atoms with van der Waals surface area (Å²) < 4.78 is 1.94. The lowest BCUT2D eigenvalue weighted by Crippen LogP contribution is -2.12. The van der Waals surface area contributed by atoms with Crippen molar-refractivity contribution in [3.63, 3.8) is 0 Å². The van der Waals surface area contributed by atoms with Crippen LogP contribution >= 0.6 is 0 Å². The van der Waals surface area contributed by atoms with Crippen LogP contribution in [0.15, 0.2) is 60.7 Å². The molecule has 2 N–H and O–H groups in total. The van der Waals surface area contributed by atoms with Crippen LogP contribution in [0.1, 0.15) is 16.1 Å².